The SMILES string of the molecule is N#CCNc1ncnc2nc[nH]c12.OC1CCC(C(O)c2ccc(Cl)cc2)C1O. The molecule has 1 saturated carbocycles. The Hall–Kier alpha value is -2.77. The summed E-state index contributed by atoms with van der Waals surface area (Å²) in [6, 6.07) is 8.86. The van der Waals surface area contributed by atoms with E-state index < -0.39 is 18.3 Å². The van der Waals surface area contributed by atoms with Gasteiger partial charge in [0.15, 0.2) is 11.5 Å². The highest BCUT2D eigenvalue weighted by Crippen LogP contribution is 2.36. The normalized spacial score (nSPS) is 21.8. The highest BCUT2D eigenvalue weighted by molar-refractivity contribution is 6.30. The minimum atomic E-state index is -0.842. The molecule has 1 fully saturated rings. The van der Waals surface area contributed by atoms with Crippen LogP contribution >= 0.6 is 11.6 Å². The van der Waals surface area contributed by atoms with E-state index >= 15 is 0 Å². The van der Waals surface area contributed by atoms with Crippen LogP contribution in [-0.2, 0) is 0 Å². The zero-order chi connectivity index (χ0) is 20.8. The molecule has 5 N–H and O–H groups in total. The Balaban J connectivity index is 0.000000169. The Morgan fingerprint density at radius 2 is 1.97 bits per heavy atom. The number of fused-ring (bicyclic) bond motifs is 1. The summed E-state index contributed by atoms with van der Waals surface area (Å²) >= 11 is 5.76. The van der Waals surface area contributed by atoms with Gasteiger partial charge in [0.25, 0.3) is 0 Å². The third-order valence-corrected chi connectivity index (χ3v) is 5.06. The molecule has 0 aliphatic heterocycles. The van der Waals surface area contributed by atoms with E-state index in [2.05, 4.69) is 25.3 Å². The molecule has 29 heavy (non-hydrogen) atoms. The molecular formula is C19H21ClN6O3. The van der Waals surface area contributed by atoms with Gasteiger partial charge in [-0.05, 0) is 30.5 Å². The van der Waals surface area contributed by atoms with Crippen LogP contribution in [0.4, 0.5) is 5.82 Å². The van der Waals surface area contributed by atoms with Crippen molar-refractivity contribution in [2.24, 2.45) is 5.92 Å². The lowest BCUT2D eigenvalue weighted by Crippen LogP contribution is -2.28. The zero-order valence-corrected chi connectivity index (χ0v) is 16.2. The van der Waals surface area contributed by atoms with Crippen LogP contribution in [0.25, 0.3) is 11.2 Å². The number of halogens is 1. The number of aliphatic hydroxyl groups excluding tert-OH is 3. The number of aromatic nitrogens is 4. The second kappa shape index (κ2) is 9.62. The molecule has 152 valence electrons. The van der Waals surface area contributed by atoms with Gasteiger partial charge < -0.3 is 25.6 Å². The molecule has 4 rings (SSSR count). The molecule has 9 nitrogen and oxygen atoms in total. The molecule has 0 radical (unpaired) electrons. The number of nitriles is 1. The van der Waals surface area contributed by atoms with Crippen molar-refractivity contribution in [2.45, 2.75) is 31.2 Å². The van der Waals surface area contributed by atoms with Gasteiger partial charge in [-0.15, -0.1) is 0 Å². The first-order valence-electron chi connectivity index (χ1n) is 9.05. The Kier molecular flexibility index (Phi) is 6.95. The summed E-state index contributed by atoms with van der Waals surface area (Å²) in [6.45, 7) is 0.213. The van der Waals surface area contributed by atoms with Crippen molar-refractivity contribution >= 4 is 28.6 Å². The van der Waals surface area contributed by atoms with Gasteiger partial charge in [-0.25, -0.2) is 15.0 Å². The summed E-state index contributed by atoms with van der Waals surface area (Å²) in [5.41, 5.74) is 2.04. The van der Waals surface area contributed by atoms with E-state index in [4.69, 9.17) is 16.9 Å². The van der Waals surface area contributed by atoms with Gasteiger partial charge in [0, 0.05) is 10.9 Å². The molecule has 2 aromatic heterocycles. The molecule has 0 amide bonds. The zero-order valence-electron chi connectivity index (χ0n) is 15.4. The van der Waals surface area contributed by atoms with E-state index in [0.29, 0.717) is 29.3 Å². The van der Waals surface area contributed by atoms with Gasteiger partial charge >= 0.3 is 0 Å². The van der Waals surface area contributed by atoms with E-state index in [1.807, 2.05) is 6.07 Å². The summed E-state index contributed by atoms with van der Waals surface area (Å²) in [7, 11) is 0. The predicted octanol–water partition coefficient (Wildman–Crippen LogP) is 1.79. The molecular weight excluding hydrogens is 396 g/mol. The standard InChI is InChI=1S/C12H15ClO3.C7H6N6/c13-8-3-1-7(2-4-8)11(15)9-5-6-10(14)12(9)16;8-1-2-9-6-5-7(11-3-10-5)13-4-12-6/h1-4,9-12,14-16H,5-6H2;3-4H,2H2,(H2,9,10,11,12,13). The Labute approximate surface area is 172 Å². The van der Waals surface area contributed by atoms with Crippen LogP contribution in [0.2, 0.25) is 5.02 Å². The molecule has 1 aliphatic rings. The molecule has 4 unspecified atom stereocenters. The molecule has 10 heteroatoms. The van der Waals surface area contributed by atoms with Crippen molar-refractivity contribution in [2.75, 3.05) is 11.9 Å². The van der Waals surface area contributed by atoms with E-state index in [9.17, 15) is 15.3 Å². The molecule has 1 aliphatic carbocycles. The molecule has 4 atom stereocenters. The lowest BCUT2D eigenvalue weighted by Gasteiger charge is -2.22. The largest absolute Gasteiger partial charge is 0.390 e. The van der Waals surface area contributed by atoms with Gasteiger partial charge in [-0.1, -0.05) is 23.7 Å². The van der Waals surface area contributed by atoms with E-state index in [0.717, 1.165) is 11.1 Å². The maximum atomic E-state index is 10.1. The van der Waals surface area contributed by atoms with Crippen LogP contribution in [0.3, 0.4) is 0 Å². The van der Waals surface area contributed by atoms with Crippen molar-refractivity contribution in [3.8, 4) is 6.07 Å². The average Bonchev–Trinajstić information content (AvgIpc) is 3.34. The second-order valence-electron chi connectivity index (χ2n) is 6.63. The number of anilines is 1. The van der Waals surface area contributed by atoms with E-state index in [-0.39, 0.29) is 12.5 Å². The number of aromatic amines is 1. The van der Waals surface area contributed by atoms with Crippen LogP contribution in [0.5, 0.6) is 0 Å². The average molecular weight is 417 g/mol. The summed E-state index contributed by atoms with van der Waals surface area (Å²) in [6.07, 6.45) is 1.81. The topological polar surface area (TPSA) is 151 Å². The predicted molar refractivity (Wildman–Crippen MR) is 107 cm³/mol. The van der Waals surface area contributed by atoms with Crippen molar-refractivity contribution < 1.29 is 15.3 Å². The third-order valence-electron chi connectivity index (χ3n) is 4.80. The number of benzene rings is 1. The number of aliphatic hydroxyl groups is 3. The number of H-pyrrole nitrogens is 1. The summed E-state index contributed by atoms with van der Waals surface area (Å²) in [5.74, 6) is 0.306. The van der Waals surface area contributed by atoms with Gasteiger partial charge in [0.2, 0.25) is 0 Å². The fraction of sp³-hybridized carbons (Fsp3) is 0.368. The van der Waals surface area contributed by atoms with Crippen molar-refractivity contribution in [3.05, 3.63) is 47.5 Å². The molecule has 0 bridgehead atoms. The van der Waals surface area contributed by atoms with E-state index in [1.165, 1.54) is 12.7 Å². The van der Waals surface area contributed by atoms with Crippen LogP contribution in [0.15, 0.2) is 36.9 Å². The molecule has 0 saturated heterocycles. The van der Waals surface area contributed by atoms with Crippen LogP contribution in [0, 0.1) is 17.2 Å². The highest BCUT2D eigenvalue weighted by atomic mass is 35.5. The molecule has 3 aromatic rings. The fourth-order valence-electron chi connectivity index (χ4n) is 3.26. The molecule has 2 heterocycles. The first-order valence-corrected chi connectivity index (χ1v) is 9.43. The first kappa shape index (κ1) is 21.0. The highest BCUT2D eigenvalue weighted by Gasteiger charge is 2.38. The lowest BCUT2D eigenvalue weighted by molar-refractivity contribution is -0.0210. The van der Waals surface area contributed by atoms with Crippen LogP contribution in [-0.4, -0.2) is 54.0 Å². The number of nitrogens with one attached hydrogen (secondary N) is 2. The maximum Gasteiger partial charge on any atom is 0.182 e. The van der Waals surface area contributed by atoms with Gasteiger partial charge in [-0.2, -0.15) is 5.26 Å². The van der Waals surface area contributed by atoms with E-state index in [1.54, 1.807) is 24.3 Å². The number of rotatable bonds is 4. The summed E-state index contributed by atoms with van der Waals surface area (Å²) in [4.78, 5) is 14.8. The van der Waals surface area contributed by atoms with Crippen molar-refractivity contribution in [3.63, 3.8) is 0 Å². The maximum absolute atomic E-state index is 10.1. The Morgan fingerprint density at radius 3 is 2.62 bits per heavy atom. The summed E-state index contributed by atoms with van der Waals surface area (Å²) in [5, 5.41) is 41.0. The minimum Gasteiger partial charge on any atom is -0.390 e. The van der Waals surface area contributed by atoms with Gasteiger partial charge in [-0.3, -0.25) is 0 Å². The smallest absolute Gasteiger partial charge is 0.182 e. The first-order chi connectivity index (χ1) is 14.0. The van der Waals surface area contributed by atoms with Crippen molar-refractivity contribution in [1.82, 2.24) is 19.9 Å². The third kappa shape index (κ3) is 4.99. The second-order valence-corrected chi connectivity index (χ2v) is 7.07. The Bertz CT molecular complexity index is 974. The quantitative estimate of drug-likeness (QED) is 0.404. The minimum absolute atomic E-state index is 0.213. The fourth-order valence-corrected chi connectivity index (χ4v) is 3.39. The van der Waals surface area contributed by atoms with Gasteiger partial charge in [0.1, 0.15) is 18.4 Å². The number of imidazole rings is 1. The molecule has 0 spiro atoms. The molecule has 1 aromatic carbocycles. The lowest BCUT2D eigenvalue weighted by atomic mass is 9.92. The number of hydrogen-bond donors (Lipinski definition) is 5. The Morgan fingerprint density at radius 1 is 1.21 bits per heavy atom. The van der Waals surface area contributed by atoms with Crippen LogP contribution in [0.1, 0.15) is 24.5 Å². The van der Waals surface area contributed by atoms with Gasteiger partial charge in [0.05, 0.1) is 30.7 Å². The van der Waals surface area contributed by atoms with Crippen LogP contribution < -0.4 is 5.32 Å². The van der Waals surface area contributed by atoms with Crippen molar-refractivity contribution in [1.29, 1.82) is 5.26 Å². The number of nitrogens with zero attached hydrogens (tertiary/aromatic N) is 4. The summed E-state index contributed by atoms with van der Waals surface area (Å²) < 4.78 is 0. The number of hydrogen-bond acceptors (Lipinski definition) is 8. The monoisotopic (exact) mass is 416 g/mol.